The Morgan fingerprint density at radius 1 is 1.54 bits per heavy atom. The summed E-state index contributed by atoms with van der Waals surface area (Å²) in [5.41, 5.74) is 7.60. The van der Waals surface area contributed by atoms with Gasteiger partial charge in [0.25, 0.3) is 0 Å². The third-order valence-corrected chi connectivity index (χ3v) is 4.75. The minimum absolute atomic E-state index is 0.0289. The van der Waals surface area contributed by atoms with Crippen molar-refractivity contribution in [3.8, 4) is 11.5 Å². The molecule has 0 unspecified atom stereocenters. The molecule has 0 fully saturated rings. The molecule has 7 heteroatoms. The molecule has 1 aromatic heterocycles. The van der Waals surface area contributed by atoms with Gasteiger partial charge < -0.3 is 20.5 Å². The smallest absolute Gasteiger partial charge is 0.226 e. The molecule has 1 aliphatic heterocycles. The molecule has 0 spiro atoms. The van der Waals surface area contributed by atoms with Gasteiger partial charge in [0.1, 0.15) is 18.1 Å². The lowest BCUT2D eigenvalue weighted by atomic mass is 9.95. The van der Waals surface area contributed by atoms with E-state index in [0.717, 1.165) is 35.6 Å². The number of methoxy groups -OCH3 is 1. The number of nitrogens with one attached hydrogen (secondary N) is 1. The van der Waals surface area contributed by atoms with Gasteiger partial charge in [0.05, 0.1) is 18.7 Å². The Labute approximate surface area is 145 Å². The van der Waals surface area contributed by atoms with Crippen LogP contribution in [-0.4, -0.2) is 31.2 Å². The SMILES string of the molecule is COc1ccc2c(c1)C[C@H](C(=O)NCCCc1csc(N)n1)CO2. The number of ether oxygens (including phenoxy) is 2. The van der Waals surface area contributed by atoms with Crippen LogP contribution in [0.15, 0.2) is 23.6 Å². The first-order valence-corrected chi connectivity index (χ1v) is 8.81. The Morgan fingerprint density at radius 3 is 3.17 bits per heavy atom. The van der Waals surface area contributed by atoms with Gasteiger partial charge in [-0.15, -0.1) is 11.3 Å². The number of fused-ring (bicyclic) bond motifs is 1. The van der Waals surface area contributed by atoms with Crippen molar-refractivity contribution in [1.29, 1.82) is 0 Å². The highest BCUT2D eigenvalue weighted by atomic mass is 32.1. The maximum absolute atomic E-state index is 12.3. The summed E-state index contributed by atoms with van der Waals surface area (Å²) in [5, 5.41) is 5.52. The Bertz CT molecular complexity index is 717. The van der Waals surface area contributed by atoms with Crippen molar-refractivity contribution in [3.05, 3.63) is 34.8 Å². The Hall–Kier alpha value is -2.28. The number of carbonyl (C=O) groups is 1. The predicted octanol–water partition coefficient (Wildman–Crippen LogP) is 2.03. The van der Waals surface area contributed by atoms with Gasteiger partial charge in [-0.2, -0.15) is 0 Å². The van der Waals surface area contributed by atoms with Crippen LogP contribution >= 0.6 is 11.3 Å². The highest BCUT2D eigenvalue weighted by molar-refractivity contribution is 7.13. The fourth-order valence-corrected chi connectivity index (χ4v) is 3.33. The van der Waals surface area contributed by atoms with Crippen molar-refractivity contribution < 1.29 is 14.3 Å². The largest absolute Gasteiger partial charge is 0.497 e. The molecule has 0 radical (unpaired) electrons. The molecule has 3 N–H and O–H groups in total. The molecule has 6 nitrogen and oxygen atoms in total. The van der Waals surface area contributed by atoms with Gasteiger partial charge in [0.15, 0.2) is 5.13 Å². The molecular formula is C17H21N3O3S. The van der Waals surface area contributed by atoms with Crippen LogP contribution in [0.25, 0.3) is 0 Å². The van der Waals surface area contributed by atoms with Crippen molar-refractivity contribution in [3.63, 3.8) is 0 Å². The van der Waals surface area contributed by atoms with Gasteiger partial charge in [0.2, 0.25) is 5.91 Å². The van der Waals surface area contributed by atoms with E-state index in [0.29, 0.717) is 24.7 Å². The third kappa shape index (κ3) is 3.97. The second-order valence-corrected chi connectivity index (χ2v) is 6.65. The van der Waals surface area contributed by atoms with E-state index in [4.69, 9.17) is 15.2 Å². The molecule has 1 aliphatic rings. The molecule has 1 atom stereocenters. The van der Waals surface area contributed by atoms with E-state index in [1.807, 2.05) is 23.6 Å². The van der Waals surface area contributed by atoms with Crippen LogP contribution in [0.4, 0.5) is 5.13 Å². The number of rotatable bonds is 6. The number of benzene rings is 1. The minimum Gasteiger partial charge on any atom is -0.497 e. The Kier molecular flexibility index (Phi) is 5.20. The number of hydrogen-bond donors (Lipinski definition) is 2. The zero-order valence-electron chi connectivity index (χ0n) is 13.6. The van der Waals surface area contributed by atoms with E-state index in [2.05, 4.69) is 10.3 Å². The summed E-state index contributed by atoms with van der Waals surface area (Å²) in [6, 6.07) is 5.69. The number of hydrogen-bond acceptors (Lipinski definition) is 6. The second-order valence-electron chi connectivity index (χ2n) is 5.76. The third-order valence-electron chi connectivity index (χ3n) is 4.02. The number of nitrogens with two attached hydrogens (primary N) is 1. The number of aromatic nitrogens is 1. The number of thiazole rings is 1. The molecule has 1 aromatic carbocycles. The summed E-state index contributed by atoms with van der Waals surface area (Å²) in [5.74, 6) is 1.47. The van der Waals surface area contributed by atoms with Gasteiger partial charge in [-0.05, 0) is 43.0 Å². The summed E-state index contributed by atoms with van der Waals surface area (Å²) in [6.07, 6.45) is 2.32. The standard InChI is InChI=1S/C17H21N3O3S/c1-22-14-4-5-15-11(8-14)7-12(9-23-15)16(21)19-6-2-3-13-10-24-17(18)20-13/h4-5,8,10,12H,2-3,6-7,9H2,1H3,(H2,18,20)(H,19,21)/t12-/m0/s1. The van der Waals surface area contributed by atoms with Gasteiger partial charge >= 0.3 is 0 Å². The summed E-state index contributed by atoms with van der Waals surface area (Å²) in [4.78, 5) is 16.5. The lowest BCUT2D eigenvalue weighted by Crippen LogP contribution is -2.37. The number of carbonyl (C=O) groups excluding carboxylic acids is 1. The molecule has 2 heterocycles. The molecule has 3 rings (SSSR count). The van der Waals surface area contributed by atoms with E-state index in [1.54, 1.807) is 7.11 Å². The lowest BCUT2D eigenvalue weighted by molar-refractivity contribution is -0.126. The van der Waals surface area contributed by atoms with Crippen LogP contribution in [0.2, 0.25) is 0 Å². The molecule has 128 valence electrons. The van der Waals surface area contributed by atoms with Crippen molar-refractivity contribution >= 4 is 22.4 Å². The predicted molar refractivity (Wildman–Crippen MR) is 93.5 cm³/mol. The number of amides is 1. The van der Waals surface area contributed by atoms with Gasteiger partial charge in [-0.3, -0.25) is 4.79 Å². The van der Waals surface area contributed by atoms with Crippen LogP contribution in [0.5, 0.6) is 11.5 Å². The summed E-state index contributed by atoms with van der Waals surface area (Å²) in [6.45, 7) is 1.03. The lowest BCUT2D eigenvalue weighted by Gasteiger charge is -2.25. The maximum atomic E-state index is 12.3. The Morgan fingerprint density at radius 2 is 2.42 bits per heavy atom. The van der Waals surface area contributed by atoms with Crippen LogP contribution in [0, 0.1) is 5.92 Å². The molecule has 0 bridgehead atoms. The van der Waals surface area contributed by atoms with Gasteiger partial charge in [-0.25, -0.2) is 4.98 Å². The molecular weight excluding hydrogens is 326 g/mol. The van der Waals surface area contributed by atoms with Crippen molar-refractivity contribution in [2.45, 2.75) is 19.3 Å². The molecule has 0 saturated carbocycles. The number of nitrogen functional groups attached to an aromatic ring is 1. The van der Waals surface area contributed by atoms with Crippen LogP contribution < -0.4 is 20.5 Å². The minimum atomic E-state index is -0.167. The topological polar surface area (TPSA) is 86.5 Å². The van der Waals surface area contributed by atoms with Crippen molar-refractivity contribution in [1.82, 2.24) is 10.3 Å². The van der Waals surface area contributed by atoms with E-state index in [-0.39, 0.29) is 11.8 Å². The zero-order valence-corrected chi connectivity index (χ0v) is 14.4. The molecule has 0 saturated heterocycles. The van der Waals surface area contributed by atoms with Gasteiger partial charge in [-0.1, -0.05) is 0 Å². The molecule has 24 heavy (non-hydrogen) atoms. The van der Waals surface area contributed by atoms with Crippen LogP contribution in [0.3, 0.4) is 0 Å². The summed E-state index contributed by atoms with van der Waals surface area (Å²) < 4.78 is 10.9. The van der Waals surface area contributed by atoms with E-state index in [1.165, 1.54) is 11.3 Å². The molecule has 2 aromatic rings. The number of anilines is 1. The van der Waals surface area contributed by atoms with E-state index >= 15 is 0 Å². The Balaban J connectivity index is 1.47. The summed E-state index contributed by atoms with van der Waals surface area (Å²) >= 11 is 1.44. The van der Waals surface area contributed by atoms with Crippen molar-refractivity contribution in [2.75, 3.05) is 26.0 Å². The maximum Gasteiger partial charge on any atom is 0.226 e. The van der Waals surface area contributed by atoms with Gasteiger partial charge in [0, 0.05) is 11.9 Å². The van der Waals surface area contributed by atoms with E-state index in [9.17, 15) is 4.79 Å². The first-order valence-electron chi connectivity index (χ1n) is 7.93. The fraction of sp³-hybridized carbons (Fsp3) is 0.412. The molecule has 0 aliphatic carbocycles. The zero-order chi connectivity index (χ0) is 16.9. The molecule has 1 amide bonds. The van der Waals surface area contributed by atoms with E-state index < -0.39 is 0 Å². The highest BCUT2D eigenvalue weighted by Gasteiger charge is 2.26. The average Bonchev–Trinajstić information content (AvgIpc) is 3.02. The van der Waals surface area contributed by atoms with Crippen molar-refractivity contribution in [2.24, 2.45) is 5.92 Å². The average molecular weight is 347 g/mol. The summed E-state index contributed by atoms with van der Waals surface area (Å²) in [7, 11) is 1.63. The highest BCUT2D eigenvalue weighted by Crippen LogP contribution is 2.30. The number of aryl methyl sites for hydroxylation is 1. The first kappa shape index (κ1) is 16.6. The van der Waals surface area contributed by atoms with Crippen LogP contribution in [-0.2, 0) is 17.6 Å². The monoisotopic (exact) mass is 347 g/mol. The number of nitrogens with zero attached hydrogens (tertiary/aromatic N) is 1. The van der Waals surface area contributed by atoms with Crippen LogP contribution in [0.1, 0.15) is 17.7 Å². The second kappa shape index (κ2) is 7.53. The quantitative estimate of drug-likeness (QED) is 0.781. The first-order chi connectivity index (χ1) is 11.7. The fourth-order valence-electron chi connectivity index (χ4n) is 2.73. The normalized spacial score (nSPS) is 16.1.